The van der Waals surface area contributed by atoms with Gasteiger partial charge >= 0.3 is 0 Å². The number of benzene rings is 2. The van der Waals surface area contributed by atoms with E-state index in [1.165, 1.54) is 0 Å². The fourth-order valence-corrected chi connectivity index (χ4v) is 1.82. The molecule has 2 aromatic rings. The number of nitrogens with one attached hydrogen (secondary N) is 1. The van der Waals surface area contributed by atoms with E-state index in [2.05, 4.69) is 5.32 Å². The summed E-state index contributed by atoms with van der Waals surface area (Å²) in [6.45, 7) is 0.861. The highest BCUT2D eigenvalue weighted by Crippen LogP contribution is 2.33. The Hall–Kier alpha value is -1.71. The molecule has 19 heavy (non-hydrogen) atoms. The van der Waals surface area contributed by atoms with Crippen molar-refractivity contribution in [1.82, 2.24) is 0 Å². The number of para-hydroxylation sites is 3. The molecule has 0 fully saturated rings. The largest absolute Gasteiger partial charge is 0.454 e. The van der Waals surface area contributed by atoms with Crippen LogP contribution in [-0.4, -0.2) is 18.3 Å². The Labute approximate surface area is 117 Å². The maximum Gasteiger partial charge on any atom is 0.150 e. The van der Waals surface area contributed by atoms with Gasteiger partial charge in [-0.25, -0.2) is 0 Å². The number of aliphatic hydroxyl groups is 1. The van der Waals surface area contributed by atoms with Crippen molar-refractivity contribution in [2.24, 2.45) is 0 Å². The third kappa shape index (κ3) is 3.88. The Morgan fingerprint density at radius 3 is 2.42 bits per heavy atom. The quantitative estimate of drug-likeness (QED) is 0.786. The number of hydrogen-bond acceptors (Lipinski definition) is 3. The van der Waals surface area contributed by atoms with Gasteiger partial charge in [0.05, 0.1) is 10.7 Å². The molecule has 0 atom stereocenters. The summed E-state index contributed by atoms with van der Waals surface area (Å²) in [5.74, 6) is 1.34. The zero-order chi connectivity index (χ0) is 13.5. The highest BCUT2D eigenvalue weighted by atomic mass is 35.5. The van der Waals surface area contributed by atoms with Crippen LogP contribution in [0.1, 0.15) is 6.42 Å². The number of ether oxygens (including phenoxy) is 1. The van der Waals surface area contributed by atoms with Gasteiger partial charge in [0.1, 0.15) is 5.75 Å². The summed E-state index contributed by atoms with van der Waals surface area (Å²) in [4.78, 5) is 0. The van der Waals surface area contributed by atoms with Gasteiger partial charge in [0, 0.05) is 13.2 Å². The molecule has 100 valence electrons. The van der Waals surface area contributed by atoms with Crippen molar-refractivity contribution in [2.75, 3.05) is 18.5 Å². The SMILES string of the molecule is OCCCNc1ccccc1Oc1ccccc1Cl. The summed E-state index contributed by atoms with van der Waals surface area (Å²) in [7, 11) is 0. The molecule has 0 unspecified atom stereocenters. The van der Waals surface area contributed by atoms with Crippen LogP contribution in [0.2, 0.25) is 5.02 Å². The summed E-state index contributed by atoms with van der Waals surface area (Å²) in [6.07, 6.45) is 0.695. The summed E-state index contributed by atoms with van der Waals surface area (Å²) in [6, 6.07) is 15.0. The van der Waals surface area contributed by atoms with E-state index in [0.29, 0.717) is 29.5 Å². The van der Waals surface area contributed by atoms with Crippen LogP contribution in [0.4, 0.5) is 5.69 Å². The topological polar surface area (TPSA) is 41.5 Å². The average Bonchev–Trinajstić information content (AvgIpc) is 2.43. The molecule has 2 aromatic carbocycles. The molecule has 0 spiro atoms. The second kappa shape index (κ2) is 7.02. The number of rotatable bonds is 6. The van der Waals surface area contributed by atoms with Gasteiger partial charge in [0.25, 0.3) is 0 Å². The molecule has 0 radical (unpaired) electrons. The summed E-state index contributed by atoms with van der Waals surface area (Å²) in [5.41, 5.74) is 0.885. The van der Waals surface area contributed by atoms with Gasteiger partial charge in [-0.3, -0.25) is 0 Å². The highest BCUT2D eigenvalue weighted by molar-refractivity contribution is 6.32. The van der Waals surface area contributed by atoms with Crippen molar-refractivity contribution in [3.63, 3.8) is 0 Å². The molecule has 0 saturated carbocycles. The minimum absolute atomic E-state index is 0.167. The molecule has 0 saturated heterocycles. The van der Waals surface area contributed by atoms with Crippen LogP contribution in [0.3, 0.4) is 0 Å². The van der Waals surface area contributed by atoms with E-state index in [1.807, 2.05) is 42.5 Å². The van der Waals surface area contributed by atoms with Crippen LogP contribution in [0, 0.1) is 0 Å². The van der Waals surface area contributed by atoms with Gasteiger partial charge in [-0.05, 0) is 30.7 Å². The Kier molecular flexibility index (Phi) is 5.07. The van der Waals surface area contributed by atoms with Gasteiger partial charge in [0.15, 0.2) is 5.75 Å². The lowest BCUT2D eigenvalue weighted by molar-refractivity contribution is 0.292. The Balaban J connectivity index is 2.13. The Morgan fingerprint density at radius 2 is 1.68 bits per heavy atom. The second-order valence-electron chi connectivity index (χ2n) is 4.03. The molecule has 0 aliphatic rings. The second-order valence-corrected chi connectivity index (χ2v) is 4.44. The van der Waals surface area contributed by atoms with E-state index in [9.17, 15) is 0 Å². The maximum atomic E-state index is 8.80. The molecule has 2 N–H and O–H groups in total. The molecular weight excluding hydrogens is 262 g/mol. The van der Waals surface area contributed by atoms with Gasteiger partial charge < -0.3 is 15.2 Å². The Morgan fingerprint density at radius 1 is 1.00 bits per heavy atom. The van der Waals surface area contributed by atoms with Gasteiger partial charge in [-0.1, -0.05) is 35.9 Å². The van der Waals surface area contributed by atoms with E-state index < -0.39 is 0 Å². The fraction of sp³-hybridized carbons (Fsp3) is 0.200. The van der Waals surface area contributed by atoms with Crippen LogP contribution in [0.5, 0.6) is 11.5 Å². The molecule has 0 aliphatic heterocycles. The van der Waals surface area contributed by atoms with Crippen molar-refractivity contribution in [3.05, 3.63) is 53.6 Å². The minimum atomic E-state index is 0.167. The van der Waals surface area contributed by atoms with Gasteiger partial charge in [0.2, 0.25) is 0 Å². The number of hydrogen-bond donors (Lipinski definition) is 2. The summed E-state index contributed by atoms with van der Waals surface area (Å²) >= 11 is 6.07. The molecule has 0 heterocycles. The third-order valence-corrected chi connectivity index (χ3v) is 2.91. The fourth-order valence-electron chi connectivity index (χ4n) is 1.65. The molecule has 3 nitrogen and oxygen atoms in total. The maximum absolute atomic E-state index is 8.80. The van der Waals surface area contributed by atoms with Crippen molar-refractivity contribution < 1.29 is 9.84 Å². The predicted molar refractivity (Wildman–Crippen MR) is 78.2 cm³/mol. The third-order valence-electron chi connectivity index (χ3n) is 2.59. The normalized spacial score (nSPS) is 10.2. The number of halogens is 1. The molecule has 4 heteroatoms. The molecule has 0 aliphatic carbocycles. The first-order valence-electron chi connectivity index (χ1n) is 6.17. The molecule has 2 rings (SSSR count). The van der Waals surface area contributed by atoms with Crippen LogP contribution in [0.25, 0.3) is 0 Å². The van der Waals surface area contributed by atoms with E-state index in [0.717, 1.165) is 5.69 Å². The van der Waals surface area contributed by atoms with Crippen molar-refractivity contribution in [3.8, 4) is 11.5 Å². The number of aliphatic hydroxyl groups excluding tert-OH is 1. The first kappa shape index (κ1) is 13.7. The zero-order valence-corrected chi connectivity index (χ0v) is 11.2. The van der Waals surface area contributed by atoms with Crippen molar-refractivity contribution in [2.45, 2.75) is 6.42 Å². The lowest BCUT2D eigenvalue weighted by Gasteiger charge is -2.13. The summed E-state index contributed by atoms with van der Waals surface area (Å²) in [5, 5.41) is 12.6. The van der Waals surface area contributed by atoms with Crippen LogP contribution in [0.15, 0.2) is 48.5 Å². The first-order chi connectivity index (χ1) is 9.31. The van der Waals surface area contributed by atoms with E-state index in [-0.39, 0.29) is 6.61 Å². The van der Waals surface area contributed by atoms with Crippen LogP contribution in [-0.2, 0) is 0 Å². The predicted octanol–water partition coefficient (Wildman–Crippen LogP) is 3.93. The molecule has 0 amide bonds. The Bertz CT molecular complexity index is 531. The standard InChI is InChI=1S/C15H16ClNO2/c16-12-6-1-3-8-14(12)19-15-9-4-2-7-13(15)17-10-5-11-18/h1-4,6-9,17-18H,5,10-11H2. The minimum Gasteiger partial charge on any atom is -0.454 e. The van der Waals surface area contributed by atoms with Gasteiger partial charge in [-0.15, -0.1) is 0 Å². The smallest absolute Gasteiger partial charge is 0.150 e. The molecular formula is C15H16ClNO2. The van der Waals surface area contributed by atoms with E-state index in [1.54, 1.807) is 6.07 Å². The highest BCUT2D eigenvalue weighted by Gasteiger charge is 2.06. The van der Waals surface area contributed by atoms with E-state index >= 15 is 0 Å². The molecule has 0 aromatic heterocycles. The monoisotopic (exact) mass is 277 g/mol. The van der Waals surface area contributed by atoms with Crippen molar-refractivity contribution >= 4 is 17.3 Å². The average molecular weight is 278 g/mol. The summed E-state index contributed by atoms with van der Waals surface area (Å²) < 4.78 is 5.81. The lowest BCUT2D eigenvalue weighted by atomic mass is 10.2. The van der Waals surface area contributed by atoms with Crippen molar-refractivity contribution in [1.29, 1.82) is 0 Å². The van der Waals surface area contributed by atoms with Gasteiger partial charge in [-0.2, -0.15) is 0 Å². The number of anilines is 1. The van der Waals surface area contributed by atoms with E-state index in [4.69, 9.17) is 21.4 Å². The van der Waals surface area contributed by atoms with Crippen LogP contribution >= 0.6 is 11.6 Å². The lowest BCUT2D eigenvalue weighted by Crippen LogP contribution is -2.04. The first-order valence-corrected chi connectivity index (χ1v) is 6.55. The van der Waals surface area contributed by atoms with Crippen LogP contribution < -0.4 is 10.1 Å². The zero-order valence-electron chi connectivity index (χ0n) is 10.5. The molecule has 0 bridgehead atoms.